The summed E-state index contributed by atoms with van der Waals surface area (Å²) in [5.41, 5.74) is 2.14. The Kier molecular flexibility index (Phi) is 9.71. The monoisotopic (exact) mass is 490 g/mol. The summed E-state index contributed by atoms with van der Waals surface area (Å²) in [6.45, 7) is 8.25. The standard InChI is InChI=1S/C18H26N4O2S.HI/c1-5-19-18(21-11-17-12(2)22-13(3)25-17)20-9-8-14-6-7-15(23)16(10-14)24-4;/h6-7,10,23H,5,8-9,11H2,1-4H3,(H2,19,20,21);1H. The highest BCUT2D eigenvalue weighted by atomic mass is 127. The lowest BCUT2D eigenvalue weighted by Crippen LogP contribution is -2.38. The molecule has 1 aromatic heterocycles. The molecule has 8 heteroatoms. The average molecular weight is 490 g/mol. The summed E-state index contributed by atoms with van der Waals surface area (Å²) in [7, 11) is 1.55. The first-order valence-electron chi connectivity index (χ1n) is 8.34. The second-order valence-corrected chi connectivity index (χ2v) is 6.91. The van der Waals surface area contributed by atoms with E-state index in [9.17, 15) is 5.11 Å². The largest absolute Gasteiger partial charge is 0.504 e. The number of hydrogen-bond donors (Lipinski definition) is 3. The molecule has 1 heterocycles. The zero-order valence-corrected chi connectivity index (χ0v) is 18.8. The molecule has 0 fully saturated rings. The average Bonchev–Trinajstić information content (AvgIpc) is 2.91. The number of hydrogen-bond acceptors (Lipinski definition) is 5. The van der Waals surface area contributed by atoms with Gasteiger partial charge in [0.1, 0.15) is 0 Å². The number of nitrogens with zero attached hydrogens (tertiary/aromatic N) is 2. The van der Waals surface area contributed by atoms with E-state index in [0.29, 0.717) is 12.3 Å². The van der Waals surface area contributed by atoms with Gasteiger partial charge in [-0.2, -0.15) is 0 Å². The Hall–Kier alpha value is -1.55. The molecule has 0 aliphatic carbocycles. The van der Waals surface area contributed by atoms with Crippen LogP contribution in [-0.2, 0) is 13.0 Å². The second-order valence-electron chi connectivity index (χ2n) is 5.62. The van der Waals surface area contributed by atoms with E-state index in [0.717, 1.165) is 41.7 Å². The summed E-state index contributed by atoms with van der Waals surface area (Å²) in [4.78, 5) is 10.3. The summed E-state index contributed by atoms with van der Waals surface area (Å²) in [5.74, 6) is 1.44. The highest BCUT2D eigenvalue weighted by molar-refractivity contribution is 14.0. The lowest BCUT2D eigenvalue weighted by Gasteiger charge is -2.12. The topological polar surface area (TPSA) is 78.8 Å². The first-order valence-corrected chi connectivity index (χ1v) is 9.16. The van der Waals surface area contributed by atoms with Crippen LogP contribution in [0.25, 0.3) is 0 Å². The van der Waals surface area contributed by atoms with Gasteiger partial charge in [0.05, 0.1) is 24.4 Å². The van der Waals surface area contributed by atoms with Gasteiger partial charge in [-0.25, -0.2) is 9.98 Å². The third-order valence-corrected chi connectivity index (χ3v) is 4.73. The quantitative estimate of drug-likeness (QED) is 0.315. The highest BCUT2D eigenvalue weighted by Crippen LogP contribution is 2.26. The van der Waals surface area contributed by atoms with E-state index in [-0.39, 0.29) is 29.7 Å². The molecule has 0 saturated heterocycles. The summed E-state index contributed by atoms with van der Waals surface area (Å²) in [5, 5.41) is 17.3. The number of phenols is 1. The van der Waals surface area contributed by atoms with Crippen LogP contribution < -0.4 is 15.4 Å². The van der Waals surface area contributed by atoms with Crippen LogP contribution in [0.4, 0.5) is 0 Å². The molecule has 0 spiro atoms. The van der Waals surface area contributed by atoms with Crippen molar-refractivity contribution in [3.63, 3.8) is 0 Å². The lowest BCUT2D eigenvalue weighted by atomic mass is 10.1. The van der Waals surface area contributed by atoms with Crippen molar-refractivity contribution in [1.29, 1.82) is 0 Å². The predicted molar refractivity (Wildman–Crippen MR) is 118 cm³/mol. The molecule has 0 amide bonds. The number of aromatic hydroxyl groups is 1. The van der Waals surface area contributed by atoms with E-state index < -0.39 is 0 Å². The fraction of sp³-hybridized carbons (Fsp3) is 0.444. The number of aryl methyl sites for hydroxylation is 2. The molecule has 0 saturated carbocycles. The van der Waals surface area contributed by atoms with Gasteiger partial charge in [-0.15, -0.1) is 35.3 Å². The molecular weight excluding hydrogens is 463 g/mol. The normalized spacial score (nSPS) is 11.0. The Morgan fingerprint density at radius 2 is 2.08 bits per heavy atom. The molecule has 2 aromatic rings. The predicted octanol–water partition coefficient (Wildman–Crippen LogP) is 3.39. The number of thiazole rings is 1. The van der Waals surface area contributed by atoms with E-state index in [2.05, 4.69) is 20.6 Å². The van der Waals surface area contributed by atoms with Crippen LogP contribution in [-0.4, -0.2) is 36.2 Å². The van der Waals surface area contributed by atoms with Gasteiger partial charge in [0.2, 0.25) is 0 Å². The maximum atomic E-state index is 9.65. The Balaban J connectivity index is 0.00000338. The SMILES string of the molecule is CCNC(=NCc1sc(C)nc1C)NCCc1ccc(O)c(OC)c1.I. The zero-order chi connectivity index (χ0) is 18.2. The van der Waals surface area contributed by atoms with E-state index in [1.807, 2.05) is 32.9 Å². The molecular formula is C18H27IN4O2S. The van der Waals surface area contributed by atoms with Crippen molar-refractivity contribution >= 4 is 41.3 Å². The van der Waals surface area contributed by atoms with Crippen molar-refractivity contribution in [1.82, 2.24) is 15.6 Å². The van der Waals surface area contributed by atoms with Gasteiger partial charge in [-0.05, 0) is 44.9 Å². The maximum absolute atomic E-state index is 9.65. The molecule has 26 heavy (non-hydrogen) atoms. The Bertz CT molecular complexity index is 734. The van der Waals surface area contributed by atoms with Crippen molar-refractivity contribution in [3.8, 4) is 11.5 Å². The fourth-order valence-electron chi connectivity index (χ4n) is 2.42. The Labute approximate surface area is 176 Å². The minimum absolute atomic E-state index is 0. The first-order chi connectivity index (χ1) is 12.0. The Morgan fingerprint density at radius 3 is 2.69 bits per heavy atom. The summed E-state index contributed by atoms with van der Waals surface area (Å²) in [6, 6.07) is 5.40. The number of aliphatic imine (C=N–C) groups is 1. The molecule has 3 N–H and O–H groups in total. The fourth-order valence-corrected chi connectivity index (χ4v) is 3.28. The lowest BCUT2D eigenvalue weighted by molar-refractivity contribution is 0.373. The first kappa shape index (κ1) is 22.5. The number of guanidine groups is 1. The van der Waals surface area contributed by atoms with E-state index in [1.165, 1.54) is 4.88 Å². The van der Waals surface area contributed by atoms with Gasteiger partial charge in [-0.1, -0.05) is 6.07 Å². The van der Waals surface area contributed by atoms with Crippen LogP contribution in [0.1, 0.15) is 28.1 Å². The van der Waals surface area contributed by atoms with Crippen molar-refractivity contribution in [2.24, 2.45) is 4.99 Å². The van der Waals surface area contributed by atoms with Crippen LogP contribution in [0, 0.1) is 13.8 Å². The molecule has 0 unspecified atom stereocenters. The van der Waals surface area contributed by atoms with E-state index >= 15 is 0 Å². The number of halogens is 1. The zero-order valence-electron chi connectivity index (χ0n) is 15.6. The number of phenolic OH excluding ortho intramolecular Hbond substituents is 1. The molecule has 6 nitrogen and oxygen atoms in total. The van der Waals surface area contributed by atoms with Crippen LogP contribution >= 0.6 is 35.3 Å². The van der Waals surface area contributed by atoms with Gasteiger partial charge in [-0.3, -0.25) is 0 Å². The second kappa shape index (κ2) is 11.2. The molecule has 144 valence electrons. The minimum atomic E-state index is 0. The summed E-state index contributed by atoms with van der Waals surface area (Å²) >= 11 is 1.69. The number of rotatable bonds is 7. The maximum Gasteiger partial charge on any atom is 0.191 e. The van der Waals surface area contributed by atoms with Gasteiger partial charge in [0.15, 0.2) is 17.5 Å². The molecule has 2 rings (SSSR count). The molecule has 0 atom stereocenters. The van der Waals surface area contributed by atoms with Gasteiger partial charge in [0, 0.05) is 18.0 Å². The highest BCUT2D eigenvalue weighted by Gasteiger charge is 2.06. The smallest absolute Gasteiger partial charge is 0.191 e. The molecule has 0 radical (unpaired) electrons. The van der Waals surface area contributed by atoms with Crippen molar-refractivity contribution < 1.29 is 9.84 Å². The number of nitrogens with one attached hydrogen (secondary N) is 2. The van der Waals surface area contributed by atoms with Crippen LogP contribution in [0.5, 0.6) is 11.5 Å². The van der Waals surface area contributed by atoms with Crippen LogP contribution in [0.15, 0.2) is 23.2 Å². The van der Waals surface area contributed by atoms with Crippen LogP contribution in [0.2, 0.25) is 0 Å². The summed E-state index contributed by atoms with van der Waals surface area (Å²) in [6.07, 6.45) is 0.805. The summed E-state index contributed by atoms with van der Waals surface area (Å²) < 4.78 is 5.14. The third-order valence-electron chi connectivity index (χ3n) is 3.67. The minimum Gasteiger partial charge on any atom is -0.504 e. The van der Waals surface area contributed by atoms with Crippen LogP contribution in [0.3, 0.4) is 0 Å². The molecule has 0 aliphatic heterocycles. The molecule has 0 bridgehead atoms. The van der Waals surface area contributed by atoms with E-state index in [1.54, 1.807) is 24.5 Å². The van der Waals surface area contributed by atoms with Gasteiger partial charge >= 0.3 is 0 Å². The number of benzene rings is 1. The van der Waals surface area contributed by atoms with Gasteiger partial charge in [0.25, 0.3) is 0 Å². The number of aromatic nitrogens is 1. The van der Waals surface area contributed by atoms with Crippen molar-refractivity contribution in [3.05, 3.63) is 39.3 Å². The molecule has 0 aliphatic rings. The van der Waals surface area contributed by atoms with Crippen molar-refractivity contribution in [2.75, 3.05) is 20.2 Å². The third kappa shape index (κ3) is 6.64. The van der Waals surface area contributed by atoms with Gasteiger partial charge < -0.3 is 20.5 Å². The number of methoxy groups -OCH3 is 1. The van der Waals surface area contributed by atoms with Crippen molar-refractivity contribution in [2.45, 2.75) is 33.7 Å². The Morgan fingerprint density at radius 1 is 1.31 bits per heavy atom. The molecule has 1 aromatic carbocycles. The number of ether oxygens (including phenoxy) is 1. The van der Waals surface area contributed by atoms with E-state index in [4.69, 9.17) is 4.74 Å².